The fourth-order valence-electron chi connectivity index (χ4n) is 2.50. The summed E-state index contributed by atoms with van der Waals surface area (Å²) in [6, 6.07) is 9.27. The first-order valence-electron chi connectivity index (χ1n) is 7.21. The standard InChI is InChI=1S/C16H17N2O3P/c1-3-20-22(19,21-4-2)14-11-12-7-5-9-17-15(12)16-13(14)8-6-10-18-16/h5-11H,3-4H2,1-2H3. The Bertz CT molecular complexity index is 856. The monoisotopic (exact) mass is 316 g/mol. The molecule has 0 aliphatic heterocycles. The lowest BCUT2D eigenvalue weighted by Crippen LogP contribution is -2.12. The molecule has 0 unspecified atom stereocenters. The molecule has 0 fully saturated rings. The van der Waals surface area contributed by atoms with Gasteiger partial charge in [0.05, 0.1) is 29.6 Å². The molecule has 3 aromatic rings. The van der Waals surface area contributed by atoms with E-state index in [2.05, 4.69) is 9.97 Å². The lowest BCUT2D eigenvalue weighted by atomic mass is 10.1. The lowest BCUT2D eigenvalue weighted by Gasteiger charge is -2.19. The van der Waals surface area contributed by atoms with Crippen molar-refractivity contribution in [1.82, 2.24) is 9.97 Å². The Morgan fingerprint density at radius 1 is 1.00 bits per heavy atom. The molecule has 1 aromatic carbocycles. The number of benzene rings is 1. The summed E-state index contributed by atoms with van der Waals surface area (Å²) in [5.41, 5.74) is 1.48. The summed E-state index contributed by atoms with van der Waals surface area (Å²) in [7, 11) is -3.39. The SMILES string of the molecule is CCOP(=O)(OCC)c1cc2cccnc2c2ncccc12. The summed E-state index contributed by atoms with van der Waals surface area (Å²) in [5.74, 6) is 0. The van der Waals surface area contributed by atoms with Crippen molar-refractivity contribution < 1.29 is 13.6 Å². The van der Waals surface area contributed by atoms with Crippen LogP contribution in [0.25, 0.3) is 21.8 Å². The minimum absolute atomic E-state index is 0.310. The van der Waals surface area contributed by atoms with Crippen LogP contribution in [0.2, 0.25) is 0 Å². The van der Waals surface area contributed by atoms with Crippen molar-refractivity contribution in [2.24, 2.45) is 0 Å². The Balaban J connectivity index is 2.38. The molecule has 114 valence electrons. The van der Waals surface area contributed by atoms with E-state index in [1.807, 2.05) is 30.3 Å². The molecule has 0 aliphatic carbocycles. The second kappa shape index (κ2) is 6.13. The molecule has 0 radical (unpaired) electrons. The van der Waals surface area contributed by atoms with Crippen LogP contribution in [0.1, 0.15) is 13.8 Å². The maximum absolute atomic E-state index is 13.2. The van der Waals surface area contributed by atoms with Gasteiger partial charge in [-0.15, -0.1) is 0 Å². The van der Waals surface area contributed by atoms with Crippen LogP contribution in [0, 0.1) is 0 Å². The molecule has 0 atom stereocenters. The number of fused-ring (bicyclic) bond motifs is 3. The summed E-state index contributed by atoms with van der Waals surface area (Å²) >= 11 is 0. The predicted molar refractivity (Wildman–Crippen MR) is 87.5 cm³/mol. The molecule has 0 bridgehead atoms. The van der Waals surface area contributed by atoms with E-state index >= 15 is 0 Å². The molecule has 0 N–H and O–H groups in total. The number of pyridine rings is 2. The third-order valence-corrected chi connectivity index (χ3v) is 5.49. The number of hydrogen-bond donors (Lipinski definition) is 0. The summed E-state index contributed by atoms with van der Waals surface area (Å²) in [6.45, 7) is 4.22. The normalized spacial score (nSPS) is 12.1. The minimum atomic E-state index is -3.39. The number of rotatable bonds is 5. The van der Waals surface area contributed by atoms with E-state index in [0.29, 0.717) is 24.0 Å². The molecule has 2 heterocycles. The van der Waals surface area contributed by atoms with Crippen LogP contribution < -0.4 is 5.30 Å². The van der Waals surface area contributed by atoms with Gasteiger partial charge in [0, 0.05) is 23.2 Å². The minimum Gasteiger partial charge on any atom is -0.305 e. The first-order valence-corrected chi connectivity index (χ1v) is 8.76. The third kappa shape index (κ3) is 2.52. The average molecular weight is 316 g/mol. The maximum atomic E-state index is 13.2. The van der Waals surface area contributed by atoms with Crippen molar-refractivity contribution in [2.45, 2.75) is 13.8 Å². The zero-order valence-corrected chi connectivity index (χ0v) is 13.4. The molecular weight excluding hydrogens is 299 g/mol. The van der Waals surface area contributed by atoms with Crippen LogP contribution in [0.5, 0.6) is 0 Å². The smallest absolute Gasteiger partial charge is 0.305 e. The Labute approximate surface area is 128 Å². The molecule has 3 rings (SSSR count). The van der Waals surface area contributed by atoms with Gasteiger partial charge in [0.1, 0.15) is 0 Å². The number of nitrogens with zero attached hydrogens (tertiary/aromatic N) is 2. The van der Waals surface area contributed by atoms with Gasteiger partial charge < -0.3 is 9.05 Å². The highest BCUT2D eigenvalue weighted by Gasteiger charge is 2.30. The molecule has 22 heavy (non-hydrogen) atoms. The second-order valence-corrected chi connectivity index (χ2v) is 6.70. The van der Waals surface area contributed by atoms with Gasteiger partial charge in [-0.05, 0) is 32.0 Å². The Morgan fingerprint density at radius 2 is 1.64 bits per heavy atom. The highest BCUT2D eigenvalue weighted by atomic mass is 31.2. The maximum Gasteiger partial charge on any atom is 0.362 e. The van der Waals surface area contributed by atoms with Crippen LogP contribution in [-0.2, 0) is 13.6 Å². The number of aromatic nitrogens is 2. The molecule has 6 heteroatoms. The van der Waals surface area contributed by atoms with Crippen LogP contribution in [0.4, 0.5) is 0 Å². The van der Waals surface area contributed by atoms with E-state index < -0.39 is 7.60 Å². The Morgan fingerprint density at radius 3 is 2.32 bits per heavy atom. The topological polar surface area (TPSA) is 61.3 Å². The van der Waals surface area contributed by atoms with E-state index in [1.54, 1.807) is 26.2 Å². The summed E-state index contributed by atoms with van der Waals surface area (Å²) < 4.78 is 24.2. The molecule has 2 aromatic heterocycles. The van der Waals surface area contributed by atoms with E-state index in [1.165, 1.54) is 0 Å². The van der Waals surface area contributed by atoms with Crippen molar-refractivity contribution >= 4 is 34.7 Å². The van der Waals surface area contributed by atoms with Crippen molar-refractivity contribution in [2.75, 3.05) is 13.2 Å². The summed E-state index contributed by atoms with van der Waals surface area (Å²) in [4.78, 5) is 8.80. The Hall–Kier alpha value is -1.81. The third-order valence-electron chi connectivity index (χ3n) is 3.33. The van der Waals surface area contributed by atoms with Gasteiger partial charge >= 0.3 is 7.60 Å². The second-order valence-electron chi connectivity index (χ2n) is 4.70. The molecule has 5 nitrogen and oxygen atoms in total. The van der Waals surface area contributed by atoms with Gasteiger partial charge in [-0.3, -0.25) is 14.5 Å². The van der Waals surface area contributed by atoms with Gasteiger partial charge in [0.15, 0.2) is 0 Å². The van der Waals surface area contributed by atoms with Crippen molar-refractivity contribution in [3.05, 3.63) is 42.7 Å². The van der Waals surface area contributed by atoms with Gasteiger partial charge in [0.2, 0.25) is 0 Å². The highest BCUT2D eigenvalue weighted by Crippen LogP contribution is 2.49. The van der Waals surface area contributed by atoms with E-state index in [-0.39, 0.29) is 0 Å². The van der Waals surface area contributed by atoms with E-state index in [9.17, 15) is 4.57 Å². The van der Waals surface area contributed by atoms with Crippen molar-refractivity contribution in [3.8, 4) is 0 Å². The summed E-state index contributed by atoms with van der Waals surface area (Å²) in [5, 5.41) is 2.15. The molecule has 0 spiro atoms. The molecule has 0 saturated heterocycles. The van der Waals surface area contributed by atoms with Gasteiger partial charge in [0.25, 0.3) is 0 Å². The lowest BCUT2D eigenvalue weighted by molar-refractivity contribution is 0.230. The van der Waals surface area contributed by atoms with Gasteiger partial charge in [-0.25, -0.2) is 0 Å². The van der Waals surface area contributed by atoms with Crippen LogP contribution in [0.3, 0.4) is 0 Å². The fraction of sp³-hybridized carbons (Fsp3) is 0.250. The van der Waals surface area contributed by atoms with Crippen LogP contribution >= 0.6 is 7.60 Å². The largest absolute Gasteiger partial charge is 0.362 e. The average Bonchev–Trinajstić information content (AvgIpc) is 2.54. The molecule has 0 saturated carbocycles. The zero-order chi connectivity index (χ0) is 15.6. The fourth-order valence-corrected chi connectivity index (χ4v) is 4.31. The predicted octanol–water partition coefficient (Wildman–Crippen LogP) is 3.67. The van der Waals surface area contributed by atoms with Gasteiger partial charge in [-0.2, -0.15) is 0 Å². The quantitative estimate of drug-likeness (QED) is 0.531. The Kier molecular flexibility index (Phi) is 4.21. The zero-order valence-electron chi connectivity index (χ0n) is 12.5. The molecule has 0 amide bonds. The molecular formula is C16H17N2O3P. The van der Waals surface area contributed by atoms with Crippen molar-refractivity contribution in [1.29, 1.82) is 0 Å². The van der Waals surface area contributed by atoms with Gasteiger partial charge in [-0.1, -0.05) is 12.1 Å². The summed E-state index contributed by atoms with van der Waals surface area (Å²) in [6.07, 6.45) is 3.42. The van der Waals surface area contributed by atoms with E-state index in [4.69, 9.17) is 9.05 Å². The molecule has 0 aliphatic rings. The first kappa shape index (κ1) is 15.1. The highest BCUT2D eigenvalue weighted by molar-refractivity contribution is 7.62. The number of hydrogen-bond acceptors (Lipinski definition) is 5. The van der Waals surface area contributed by atoms with Crippen LogP contribution in [0.15, 0.2) is 42.7 Å². The van der Waals surface area contributed by atoms with E-state index in [0.717, 1.165) is 16.3 Å². The first-order chi connectivity index (χ1) is 10.7. The van der Waals surface area contributed by atoms with Crippen molar-refractivity contribution in [3.63, 3.8) is 0 Å². The van der Waals surface area contributed by atoms with Crippen LogP contribution in [-0.4, -0.2) is 23.2 Å².